The number of fused-ring (bicyclic) bond motifs is 1. The molecule has 2 N–H and O–H groups in total. The summed E-state index contributed by atoms with van der Waals surface area (Å²) in [6.07, 6.45) is 4.41. The Kier molecular flexibility index (Phi) is 5.73. The Labute approximate surface area is 182 Å². The number of nitrogens with zero attached hydrogens (tertiary/aromatic N) is 3. The lowest BCUT2D eigenvalue weighted by molar-refractivity contribution is -0.135. The van der Waals surface area contributed by atoms with E-state index in [0.717, 1.165) is 0 Å². The molecule has 0 radical (unpaired) electrons. The van der Waals surface area contributed by atoms with Crippen molar-refractivity contribution in [3.05, 3.63) is 64.8 Å². The number of amides is 2. The van der Waals surface area contributed by atoms with Gasteiger partial charge in [-0.1, -0.05) is 11.6 Å². The first-order chi connectivity index (χ1) is 14.8. The molecule has 1 aromatic carbocycles. The van der Waals surface area contributed by atoms with Crippen LogP contribution in [0.5, 0.6) is 0 Å². The van der Waals surface area contributed by atoms with Gasteiger partial charge in [0.1, 0.15) is 12.4 Å². The molecule has 9 heteroatoms. The molecule has 7 nitrogen and oxygen atoms in total. The van der Waals surface area contributed by atoms with Gasteiger partial charge in [0.25, 0.3) is 0 Å². The summed E-state index contributed by atoms with van der Waals surface area (Å²) < 4.78 is 14.8. The van der Waals surface area contributed by atoms with Crippen molar-refractivity contribution in [2.45, 2.75) is 19.4 Å². The fourth-order valence-electron chi connectivity index (χ4n) is 3.95. The highest BCUT2D eigenvalue weighted by Crippen LogP contribution is 2.29. The van der Waals surface area contributed by atoms with Gasteiger partial charge in [-0.3, -0.25) is 14.4 Å². The first-order valence-electron chi connectivity index (χ1n) is 9.86. The van der Waals surface area contributed by atoms with Gasteiger partial charge < -0.3 is 15.2 Å². The van der Waals surface area contributed by atoms with E-state index in [1.54, 1.807) is 21.7 Å². The maximum Gasteiger partial charge on any atom is 0.242 e. The molecule has 2 amide bonds. The number of nitrogens with two attached hydrogens (primary N) is 1. The number of hydrogen-bond donors (Lipinski definition) is 1. The summed E-state index contributed by atoms with van der Waals surface area (Å²) in [5.41, 5.74) is 6.53. The Hall–Kier alpha value is -3.26. The van der Waals surface area contributed by atoms with Gasteiger partial charge in [0, 0.05) is 42.0 Å². The van der Waals surface area contributed by atoms with E-state index in [9.17, 15) is 18.8 Å². The van der Waals surface area contributed by atoms with Crippen molar-refractivity contribution in [3.63, 3.8) is 0 Å². The number of piperidine rings is 1. The first-order valence-corrected chi connectivity index (χ1v) is 10.2. The zero-order chi connectivity index (χ0) is 22.1. The second-order valence-corrected chi connectivity index (χ2v) is 7.94. The van der Waals surface area contributed by atoms with Crippen LogP contribution in [0.1, 0.15) is 28.8 Å². The van der Waals surface area contributed by atoms with Crippen LogP contribution in [0.3, 0.4) is 0 Å². The van der Waals surface area contributed by atoms with Crippen molar-refractivity contribution >= 4 is 40.1 Å². The molecule has 0 unspecified atom stereocenters. The number of carbonyl (C=O) groups is 3. The SMILES string of the molecule is NC(=O)[C@H]1CCCN(C(=O)Cn2cc(C(=O)c3ccc(F)cc3)c3ccnc(Cl)c32)C1. The summed E-state index contributed by atoms with van der Waals surface area (Å²) in [6, 6.07) is 6.91. The van der Waals surface area contributed by atoms with Crippen LogP contribution in [0.25, 0.3) is 10.9 Å². The molecule has 1 fully saturated rings. The summed E-state index contributed by atoms with van der Waals surface area (Å²) in [7, 11) is 0. The highest BCUT2D eigenvalue weighted by Gasteiger charge is 2.28. The zero-order valence-corrected chi connectivity index (χ0v) is 17.3. The minimum atomic E-state index is -0.437. The summed E-state index contributed by atoms with van der Waals surface area (Å²) in [5, 5.41) is 0.716. The van der Waals surface area contributed by atoms with Gasteiger partial charge in [0.15, 0.2) is 10.9 Å². The number of likely N-dealkylation sites (tertiary alicyclic amines) is 1. The fraction of sp³-hybridized carbons (Fsp3) is 0.273. The highest BCUT2D eigenvalue weighted by molar-refractivity contribution is 6.34. The number of primary amides is 1. The normalized spacial score (nSPS) is 16.5. The predicted molar refractivity (Wildman–Crippen MR) is 113 cm³/mol. The van der Waals surface area contributed by atoms with Crippen molar-refractivity contribution in [1.82, 2.24) is 14.5 Å². The molecule has 1 saturated heterocycles. The Balaban J connectivity index is 1.67. The molecule has 1 aliphatic heterocycles. The third-order valence-corrected chi connectivity index (χ3v) is 5.85. The Morgan fingerprint density at radius 3 is 2.65 bits per heavy atom. The van der Waals surface area contributed by atoms with Gasteiger partial charge in [0.05, 0.1) is 11.4 Å². The van der Waals surface area contributed by atoms with Crippen LogP contribution in [0.15, 0.2) is 42.7 Å². The number of halogens is 2. The lowest BCUT2D eigenvalue weighted by atomic mass is 9.97. The number of ketones is 1. The molecule has 1 aliphatic rings. The van der Waals surface area contributed by atoms with Crippen molar-refractivity contribution in [2.75, 3.05) is 13.1 Å². The smallest absolute Gasteiger partial charge is 0.242 e. The van der Waals surface area contributed by atoms with E-state index in [1.807, 2.05) is 0 Å². The maximum absolute atomic E-state index is 13.2. The van der Waals surface area contributed by atoms with Gasteiger partial charge in [0.2, 0.25) is 11.8 Å². The van der Waals surface area contributed by atoms with Crippen molar-refractivity contribution in [3.8, 4) is 0 Å². The second kappa shape index (κ2) is 8.47. The fourth-order valence-corrected chi connectivity index (χ4v) is 4.22. The second-order valence-electron chi connectivity index (χ2n) is 7.59. The first kappa shape index (κ1) is 21.0. The lowest BCUT2D eigenvalue weighted by Gasteiger charge is -2.31. The average Bonchev–Trinajstić information content (AvgIpc) is 3.13. The van der Waals surface area contributed by atoms with E-state index in [-0.39, 0.29) is 35.9 Å². The van der Waals surface area contributed by atoms with Gasteiger partial charge >= 0.3 is 0 Å². The van der Waals surface area contributed by atoms with E-state index >= 15 is 0 Å². The molecule has 3 heterocycles. The average molecular weight is 443 g/mol. The highest BCUT2D eigenvalue weighted by atomic mass is 35.5. The van der Waals surface area contributed by atoms with E-state index in [2.05, 4.69) is 4.98 Å². The summed E-state index contributed by atoms with van der Waals surface area (Å²) in [4.78, 5) is 43.2. The quantitative estimate of drug-likeness (QED) is 0.485. The Bertz CT molecular complexity index is 1180. The van der Waals surface area contributed by atoms with Gasteiger partial charge in [-0.25, -0.2) is 9.37 Å². The number of carbonyl (C=O) groups excluding carboxylic acids is 3. The van der Waals surface area contributed by atoms with E-state index < -0.39 is 11.7 Å². The summed E-state index contributed by atoms with van der Waals surface area (Å²) in [5.74, 6) is -1.73. The van der Waals surface area contributed by atoms with Gasteiger partial charge in [-0.2, -0.15) is 0 Å². The lowest BCUT2D eigenvalue weighted by Crippen LogP contribution is -2.45. The molecular weight excluding hydrogens is 423 g/mol. The molecule has 2 aromatic heterocycles. The van der Waals surface area contributed by atoms with E-state index in [4.69, 9.17) is 17.3 Å². The van der Waals surface area contributed by atoms with Crippen LogP contribution in [0.4, 0.5) is 4.39 Å². The predicted octanol–water partition coefficient (Wildman–Crippen LogP) is 2.78. The topological polar surface area (TPSA) is 98.3 Å². The van der Waals surface area contributed by atoms with E-state index in [0.29, 0.717) is 41.4 Å². The van der Waals surface area contributed by atoms with Crippen molar-refractivity contribution in [2.24, 2.45) is 11.7 Å². The molecule has 31 heavy (non-hydrogen) atoms. The third-order valence-electron chi connectivity index (χ3n) is 5.58. The molecule has 0 aliphatic carbocycles. The zero-order valence-electron chi connectivity index (χ0n) is 16.6. The third kappa shape index (κ3) is 4.16. The molecule has 160 valence electrons. The molecule has 1 atom stereocenters. The Morgan fingerprint density at radius 2 is 1.94 bits per heavy atom. The van der Waals surface area contributed by atoms with Gasteiger partial charge in [-0.15, -0.1) is 0 Å². The summed E-state index contributed by atoms with van der Waals surface area (Å²) in [6.45, 7) is 0.750. The number of benzene rings is 1. The van der Waals surface area contributed by atoms with Crippen LogP contribution in [-0.2, 0) is 16.1 Å². The number of pyridine rings is 1. The molecule has 0 spiro atoms. The van der Waals surface area contributed by atoms with E-state index in [1.165, 1.54) is 30.5 Å². The minimum absolute atomic E-state index is 0.0654. The molecule has 4 rings (SSSR count). The minimum Gasteiger partial charge on any atom is -0.369 e. The van der Waals surface area contributed by atoms with Crippen molar-refractivity contribution < 1.29 is 18.8 Å². The van der Waals surface area contributed by atoms with Crippen LogP contribution < -0.4 is 5.73 Å². The molecule has 0 saturated carbocycles. The molecule has 0 bridgehead atoms. The summed E-state index contributed by atoms with van der Waals surface area (Å²) >= 11 is 6.30. The van der Waals surface area contributed by atoms with Crippen LogP contribution in [0, 0.1) is 11.7 Å². The van der Waals surface area contributed by atoms with Gasteiger partial charge in [-0.05, 0) is 43.2 Å². The van der Waals surface area contributed by atoms with Crippen LogP contribution in [-0.4, -0.2) is 45.1 Å². The molecule has 3 aromatic rings. The van der Waals surface area contributed by atoms with Crippen LogP contribution in [0.2, 0.25) is 5.15 Å². The molecular formula is C22H20ClFN4O3. The van der Waals surface area contributed by atoms with Crippen molar-refractivity contribution in [1.29, 1.82) is 0 Å². The standard InChI is InChI=1S/C22H20ClFN4O3/c23-21-19-16(7-8-26-21)17(20(30)13-3-5-15(24)6-4-13)11-28(19)12-18(29)27-9-1-2-14(10-27)22(25)31/h3-8,11,14H,1-2,9-10,12H2,(H2,25,31)/t14-/m0/s1. The Morgan fingerprint density at radius 1 is 1.19 bits per heavy atom. The monoisotopic (exact) mass is 442 g/mol. The maximum atomic E-state index is 13.2. The number of aromatic nitrogens is 2. The number of hydrogen-bond acceptors (Lipinski definition) is 4. The number of rotatable bonds is 5. The van der Waals surface area contributed by atoms with Crippen LogP contribution >= 0.6 is 11.6 Å². The largest absolute Gasteiger partial charge is 0.369 e.